The Labute approximate surface area is 215 Å². The number of hydrogen-bond acceptors (Lipinski definition) is 5. The van der Waals surface area contributed by atoms with Gasteiger partial charge in [-0.25, -0.2) is 18.7 Å². The zero-order valence-corrected chi connectivity index (χ0v) is 20.5. The smallest absolute Gasteiger partial charge is 0.417 e. The van der Waals surface area contributed by atoms with Gasteiger partial charge in [0.15, 0.2) is 11.4 Å². The number of amides is 1. The number of carbonyl (C=O) groups is 1. The summed E-state index contributed by atoms with van der Waals surface area (Å²) < 4.78 is 71.5. The lowest BCUT2D eigenvalue weighted by Crippen LogP contribution is -2.40. The number of likely N-dealkylation sites (tertiary alicyclic amines) is 1. The second-order valence-corrected chi connectivity index (χ2v) is 9.97. The molecule has 38 heavy (non-hydrogen) atoms. The van der Waals surface area contributed by atoms with Gasteiger partial charge in [0.05, 0.1) is 5.56 Å². The van der Waals surface area contributed by atoms with Gasteiger partial charge in [0.25, 0.3) is 5.91 Å². The maximum atomic E-state index is 13.7. The molecule has 0 bridgehead atoms. The monoisotopic (exact) mass is 532 g/mol. The predicted octanol–water partition coefficient (Wildman–Crippen LogP) is 5.77. The van der Waals surface area contributed by atoms with E-state index in [0.29, 0.717) is 18.8 Å². The first kappa shape index (κ1) is 25.9. The number of ether oxygens (including phenoxy) is 1. The molecule has 1 aliphatic heterocycles. The van der Waals surface area contributed by atoms with E-state index in [9.17, 15) is 26.7 Å². The number of halogens is 5. The molecular formula is C27H25F5N4O2. The molecule has 1 unspecified atom stereocenters. The highest BCUT2D eigenvalue weighted by Crippen LogP contribution is 2.55. The number of nitrogens with zero attached hydrogens (tertiary/aromatic N) is 3. The molecule has 1 N–H and O–H groups in total. The zero-order chi connectivity index (χ0) is 27.1. The molecule has 0 radical (unpaired) electrons. The lowest BCUT2D eigenvalue weighted by Gasteiger charge is -2.26. The number of nitrogens with one attached hydrogen (secondary N) is 1. The number of aryl methyl sites for hydroxylation is 1. The summed E-state index contributed by atoms with van der Waals surface area (Å²) in [5, 5.41) is 3.06. The van der Waals surface area contributed by atoms with Gasteiger partial charge in [0, 0.05) is 37.1 Å². The molecular weight excluding hydrogens is 507 g/mol. The van der Waals surface area contributed by atoms with E-state index in [4.69, 9.17) is 4.74 Å². The van der Waals surface area contributed by atoms with E-state index in [1.165, 1.54) is 6.07 Å². The van der Waals surface area contributed by atoms with Crippen molar-refractivity contribution in [2.45, 2.75) is 45.0 Å². The van der Waals surface area contributed by atoms with Crippen molar-refractivity contribution in [1.82, 2.24) is 14.9 Å². The van der Waals surface area contributed by atoms with Crippen LogP contribution in [0.5, 0.6) is 5.75 Å². The summed E-state index contributed by atoms with van der Waals surface area (Å²) in [5.74, 6) is -1.33. The summed E-state index contributed by atoms with van der Waals surface area (Å²) >= 11 is 0. The predicted molar refractivity (Wildman–Crippen MR) is 129 cm³/mol. The highest BCUT2D eigenvalue weighted by atomic mass is 19.4. The molecule has 5 rings (SSSR count). The van der Waals surface area contributed by atoms with Crippen LogP contribution >= 0.6 is 0 Å². The Bertz CT molecular complexity index is 1320. The number of aromatic nitrogens is 2. The van der Waals surface area contributed by atoms with E-state index < -0.39 is 23.4 Å². The average molecular weight is 533 g/mol. The van der Waals surface area contributed by atoms with Crippen LogP contribution in [0.2, 0.25) is 0 Å². The Morgan fingerprint density at radius 2 is 1.87 bits per heavy atom. The number of rotatable bonds is 7. The number of pyridine rings is 2. The quantitative estimate of drug-likeness (QED) is 0.392. The van der Waals surface area contributed by atoms with E-state index in [1.807, 2.05) is 0 Å². The Morgan fingerprint density at radius 3 is 2.50 bits per heavy atom. The molecule has 3 heterocycles. The van der Waals surface area contributed by atoms with Gasteiger partial charge < -0.3 is 15.0 Å². The van der Waals surface area contributed by atoms with Crippen molar-refractivity contribution in [2.24, 2.45) is 5.41 Å². The molecule has 3 aromatic rings. The van der Waals surface area contributed by atoms with Crippen molar-refractivity contribution in [2.75, 3.05) is 18.4 Å². The van der Waals surface area contributed by atoms with Crippen molar-refractivity contribution in [1.29, 1.82) is 0 Å². The Kier molecular flexibility index (Phi) is 6.70. The summed E-state index contributed by atoms with van der Waals surface area (Å²) in [6, 6.07) is 8.34. The SMILES string of the molecule is Cc1ccc(OCc2cc(F)cc(F)c2)c(C(=O)N2CC3(CC3)CC2CNc2ccc(C(F)(F)F)cn2)n1. The topological polar surface area (TPSA) is 67.3 Å². The molecule has 1 saturated carbocycles. The molecule has 1 saturated heterocycles. The summed E-state index contributed by atoms with van der Waals surface area (Å²) in [5.41, 5.74) is 0.153. The number of benzene rings is 1. The maximum Gasteiger partial charge on any atom is 0.417 e. The van der Waals surface area contributed by atoms with Crippen molar-refractivity contribution in [3.63, 3.8) is 0 Å². The van der Waals surface area contributed by atoms with E-state index in [1.54, 1.807) is 24.0 Å². The minimum absolute atomic E-state index is 0.0273. The van der Waals surface area contributed by atoms with Gasteiger partial charge in [-0.15, -0.1) is 0 Å². The number of hydrogen-bond donors (Lipinski definition) is 1. The van der Waals surface area contributed by atoms with Crippen LogP contribution in [-0.4, -0.2) is 39.9 Å². The van der Waals surface area contributed by atoms with Gasteiger partial charge in [-0.1, -0.05) is 0 Å². The molecule has 2 aliphatic rings. The fourth-order valence-corrected chi connectivity index (χ4v) is 4.82. The van der Waals surface area contributed by atoms with Crippen LogP contribution < -0.4 is 10.1 Å². The Morgan fingerprint density at radius 1 is 1.13 bits per heavy atom. The standard InChI is InChI=1S/C27H25F5N4O2/c1-16-2-4-22(38-14-17-8-19(28)10-20(29)9-17)24(35-16)25(37)36-15-26(6-7-26)11-21(36)13-34-23-5-3-18(12-33-23)27(30,31)32/h2-5,8-10,12,21H,6-7,11,13-15H2,1H3,(H,33,34). The van der Waals surface area contributed by atoms with E-state index >= 15 is 0 Å². The largest absolute Gasteiger partial charge is 0.486 e. The summed E-state index contributed by atoms with van der Waals surface area (Å²) in [6.45, 7) is 2.41. The van der Waals surface area contributed by atoms with E-state index in [-0.39, 0.29) is 46.8 Å². The summed E-state index contributed by atoms with van der Waals surface area (Å²) in [6.07, 6.45) is -0.977. The van der Waals surface area contributed by atoms with Crippen molar-refractivity contribution in [3.8, 4) is 5.75 Å². The summed E-state index contributed by atoms with van der Waals surface area (Å²) in [7, 11) is 0. The zero-order valence-electron chi connectivity index (χ0n) is 20.5. The highest BCUT2D eigenvalue weighted by Gasteiger charge is 2.53. The third-order valence-electron chi connectivity index (χ3n) is 6.96. The fourth-order valence-electron chi connectivity index (χ4n) is 4.82. The number of alkyl halides is 3. The van der Waals surface area contributed by atoms with Gasteiger partial charge in [-0.05, 0) is 73.6 Å². The molecule has 6 nitrogen and oxygen atoms in total. The second-order valence-electron chi connectivity index (χ2n) is 9.97. The molecule has 1 amide bonds. The minimum Gasteiger partial charge on any atom is -0.486 e. The first-order valence-electron chi connectivity index (χ1n) is 12.1. The van der Waals surface area contributed by atoms with Gasteiger partial charge >= 0.3 is 6.18 Å². The maximum absolute atomic E-state index is 13.7. The highest BCUT2D eigenvalue weighted by molar-refractivity contribution is 5.95. The first-order chi connectivity index (χ1) is 18.0. The Balaban J connectivity index is 1.32. The van der Waals surface area contributed by atoms with Crippen molar-refractivity contribution < 1.29 is 31.5 Å². The van der Waals surface area contributed by atoms with Gasteiger partial charge in [0.2, 0.25) is 0 Å². The fraction of sp³-hybridized carbons (Fsp3) is 0.370. The molecule has 11 heteroatoms. The van der Waals surface area contributed by atoms with E-state index in [2.05, 4.69) is 15.3 Å². The molecule has 1 atom stereocenters. The van der Waals surface area contributed by atoms with Crippen molar-refractivity contribution >= 4 is 11.7 Å². The molecule has 2 fully saturated rings. The number of carbonyl (C=O) groups excluding carboxylic acids is 1. The second kappa shape index (κ2) is 9.85. The van der Waals surface area contributed by atoms with E-state index in [0.717, 1.165) is 49.7 Å². The molecule has 1 aromatic carbocycles. The van der Waals surface area contributed by atoms with Crippen LogP contribution in [0.25, 0.3) is 0 Å². The third-order valence-corrected chi connectivity index (χ3v) is 6.96. The molecule has 2 aromatic heterocycles. The molecule has 1 spiro atoms. The van der Waals surface area contributed by atoms with Crippen LogP contribution in [-0.2, 0) is 12.8 Å². The normalized spacial score (nSPS) is 18.1. The first-order valence-corrected chi connectivity index (χ1v) is 12.1. The average Bonchev–Trinajstić information content (AvgIpc) is 3.51. The summed E-state index contributed by atoms with van der Waals surface area (Å²) in [4.78, 5) is 23.7. The van der Waals surface area contributed by atoms with Crippen LogP contribution in [0, 0.1) is 24.0 Å². The van der Waals surface area contributed by atoms with Gasteiger partial charge in [-0.2, -0.15) is 13.2 Å². The molecule has 200 valence electrons. The third kappa shape index (κ3) is 5.71. The Hall–Kier alpha value is -3.76. The number of anilines is 1. The lowest BCUT2D eigenvalue weighted by atomic mass is 10.0. The van der Waals surface area contributed by atoms with Crippen LogP contribution in [0.15, 0.2) is 48.7 Å². The van der Waals surface area contributed by atoms with Crippen molar-refractivity contribution in [3.05, 3.63) is 82.8 Å². The lowest BCUT2D eigenvalue weighted by molar-refractivity contribution is -0.137. The van der Waals surface area contributed by atoms with Crippen LogP contribution in [0.4, 0.5) is 27.8 Å². The molecule has 1 aliphatic carbocycles. The van der Waals surface area contributed by atoms with Gasteiger partial charge in [0.1, 0.15) is 24.1 Å². The minimum atomic E-state index is -4.47. The van der Waals surface area contributed by atoms with Crippen LogP contribution in [0.3, 0.4) is 0 Å². The van der Waals surface area contributed by atoms with Gasteiger partial charge in [-0.3, -0.25) is 4.79 Å². The van der Waals surface area contributed by atoms with Crippen LogP contribution in [0.1, 0.15) is 46.6 Å².